The van der Waals surface area contributed by atoms with Crippen LogP contribution in [-0.4, -0.2) is 29.8 Å². The Labute approximate surface area is 124 Å². The summed E-state index contributed by atoms with van der Waals surface area (Å²) >= 11 is 1.32. The van der Waals surface area contributed by atoms with Gasteiger partial charge in [0.15, 0.2) is 10.8 Å². The van der Waals surface area contributed by atoms with Crippen LogP contribution in [0.3, 0.4) is 0 Å². The quantitative estimate of drug-likeness (QED) is 0.546. The highest BCUT2D eigenvalue weighted by atomic mass is 32.2. The second-order valence-electron chi connectivity index (χ2n) is 4.13. The van der Waals surface area contributed by atoms with Crippen molar-refractivity contribution in [1.82, 2.24) is 14.4 Å². The molecule has 10 heteroatoms. The first-order chi connectivity index (χ1) is 10.1. The second-order valence-corrected chi connectivity index (χ2v) is 6.88. The van der Waals surface area contributed by atoms with E-state index in [1.807, 2.05) is 0 Å². The zero-order valence-corrected chi connectivity index (χ0v) is 12.6. The molecule has 0 saturated carbocycles. The van der Waals surface area contributed by atoms with E-state index in [0.29, 0.717) is 10.8 Å². The molecule has 110 valence electrons. The number of nitrogens with one attached hydrogen (secondary N) is 1. The number of nitrogens with two attached hydrogens (primary N) is 1. The number of imidazole rings is 1. The van der Waals surface area contributed by atoms with E-state index in [2.05, 4.69) is 15.4 Å². The van der Waals surface area contributed by atoms with Crippen LogP contribution in [0.1, 0.15) is 0 Å². The molecule has 0 spiro atoms. The molecule has 3 aromatic rings. The zero-order chi connectivity index (χ0) is 15.0. The number of sulfonamides is 1. The molecular formula is C11H12N6O2S2. The summed E-state index contributed by atoms with van der Waals surface area (Å²) in [5.41, 5.74) is 2.33. The second kappa shape index (κ2) is 4.98. The molecular weight excluding hydrogens is 312 g/mol. The highest BCUT2D eigenvalue weighted by Gasteiger charge is 2.30. The lowest BCUT2D eigenvalue weighted by molar-refractivity contribution is 0.589. The molecule has 0 aliphatic carbocycles. The Bertz CT molecular complexity index is 871. The van der Waals surface area contributed by atoms with Crippen molar-refractivity contribution in [2.75, 3.05) is 16.8 Å². The molecule has 0 saturated heterocycles. The number of anilines is 2. The first kappa shape index (κ1) is 13.8. The third kappa shape index (κ3) is 2.13. The average molecular weight is 324 g/mol. The van der Waals surface area contributed by atoms with E-state index in [0.717, 1.165) is 4.31 Å². The first-order valence-electron chi connectivity index (χ1n) is 5.88. The minimum absolute atomic E-state index is 0.0191. The van der Waals surface area contributed by atoms with Gasteiger partial charge in [0.2, 0.25) is 5.03 Å². The fourth-order valence-corrected chi connectivity index (χ4v) is 4.03. The van der Waals surface area contributed by atoms with Gasteiger partial charge >= 0.3 is 0 Å². The van der Waals surface area contributed by atoms with Crippen molar-refractivity contribution in [1.29, 1.82) is 0 Å². The van der Waals surface area contributed by atoms with Crippen LogP contribution in [0.25, 0.3) is 4.96 Å². The summed E-state index contributed by atoms with van der Waals surface area (Å²) in [6.45, 7) is 0. The van der Waals surface area contributed by atoms with Crippen molar-refractivity contribution in [2.45, 2.75) is 5.03 Å². The lowest BCUT2D eigenvalue weighted by Gasteiger charge is -2.18. The molecule has 3 rings (SSSR count). The largest absolute Gasteiger partial charge is 0.306 e. The number of nitrogens with zero attached hydrogens (tertiary/aromatic N) is 4. The Hall–Kier alpha value is -2.17. The highest BCUT2D eigenvalue weighted by Crippen LogP contribution is 2.28. The Balaban J connectivity index is 2.18. The Morgan fingerprint density at radius 2 is 2.24 bits per heavy atom. The predicted octanol–water partition coefficient (Wildman–Crippen LogP) is 0.901. The molecule has 8 nitrogen and oxygen atoms in total. The number of nitrogen functional groups attached to an aromatic ring is 1. The number of hydrogen-bond acceptors (Lipinski definition) is 7. The van der Waals surface area contributed by atoms with E-state index in [1.54, 1.807) is 29.8 Å². The van der Waals surface area contributed by atoms with Gasteiger partial charge in [0.1, 0.15) is 5.82 Å². The van der Waals surface area contributed by atoms with E-state index in [9.17, 15) is 8.42 Å². The van der Waals surface area contributed by atoms with Crippen LogP contribution in [0.4, 0.5) is 11.6 Å². The number of fused-ring (bicyclic) bond motifs is 1. The van der Waals surface area contributed by atoms with Crippen LogP contribution in [0, 0.1) is 0 Å². The SMILES string of the molecule is CN(c1ccccn1)S(=O)(=O)c1c(NN)nc2sccn12. The van der Waals surface area contributed by atoms with Crippen molar-refractivity contribution in [2.24, 2.45) is 5.84 Å². The summed E-state index contributed by atoms with van der Waals surface area (Å²) in [6.07, 6.45) is 3.16. The van der Waals surface area contributed by atoms with Crippen molar-refractivity contribution < 1.29 is 8.42 Å². The van der Waals surface area contributed by atoms with E-state index >= 15 is 0 Å². The summed E-state index contributed by atoms with van der Waals surface area (Å²) in [7, 11) is -2.42. The van der Waals surface area contributed by atoms with Crippen molar-refractivity contribution >= 4 is 38.0 Å². The smallest absolute Gasteiger partial charge is 0.285 e. The van der Waals surface area contributed by atoms with E-state index in [4.69, 9.17) is 5.84 Å². The molecule has 21 heavy (non-hydrogen) atoms. The molecule has 0 fully saturated rings. The Kier molecular flexibility index (Phi) is 3.27. The molecule has 0 aromatic carbocycles. The number of aromatic nitrogens is 3. The summed E-state index contributed by atoms with van der Waals surface area (Å²) in [5, 5.41) is 1.73. The van der Waals surface area contributed by atoms with Crippen molar-refractivity contribution in [3.8, 4) is 0 Å². The fourth-order valence-electron chi connectivity index (χ4n) is 1.90. The van der Waals surface area contributed by atoms with Crippen LogP contribution >= 0.6 is 11.3 Å². The maximum absolute atomic E-state index is 12.8. The van der Waals surface area contributed by atoms with E-state index < -0.39 is 10.0 Å². The minimum atomic E-state index is -3.85. The number of thiazole rings is 1. The first-order valence-corrected chi connectivity index (χ1v) is 8.20. The Morgan fingerprint density at radius 1 is 1.43 bits per heavy atom. The van der Waals surface area contributed by atoms with Crippen LogP contribution in [0.15, 0.2) is 41.0 Å². The molecule has 0 amide bonds. The number of hydrazine groups is 1. The van der Waals surface area contributed by atoms with Gasteiger partial charge in [0.05, 0.1) is 0 Å². The van der Waals surface area contributed by atoms with Gasteiger partial charge in [0, 0.05) is 24.8 Å². The Morgan fingerprint density at radius 3 is 2.90 bits per heavy atom. The van der Waals surface area contributed by atoms with Gasteiger partial charge in [-0.3, -0.25) is 8.71 Å². The molecule has 0 unspecified atom stereocenters. The van der Waals surface area contributed by atoms with E-state index in [1.165, 1.54) is 29.0 Å². The molecule has 0 aliphatic rings. The van der Waals surface area contributed by atoms with Crippen LogP contribution in [0.2, 0.25) is 0 Å². The topological polar surface area (TPSA) is 106 Å². The van der Waals surface area contributed by atoms with Gasteiger partial charge in [-0.05, 0) is 12.1 Å². The molecule has 0 atom stereocenters. The monoisotopic (exact) mass is 324 g/mol. The molecule has 0 radical (unpaired) electrons. The third-order valence-corrected chi connectivity index (χ3v) is 5.48. The van der Waals surface area contributed by atoms with Gasteiger partial charge in [0.25, 0.3) is 10.0 Å². The number of pyridine rings is 1. The van der Waals surface area contributed by atoms with Gasteiger partial charge in [-0.15, -0.1) is 11.3 Å². The summed E-state index contributed by atoms with van der Waals surface area (Å²) in [4.78, 5) is 8.74. The van der Waals surface area contributed by atoms with Crippen molar-refractivity contribution in [3.05, 3.63) is 36.0 Å². The number of hydrogen-bond donors (Lipinski definition) is 2. The van der Waals surface area contributed by atoms with Gasteiger partial charge < -0.3 is 5.43 Å². The molecule has 3 N–H and O–H groups in total. The van der Waals surface area contributed by atoms with Gasteiger partial charge in [-0.1, -0.05) is 6.07 Å². The highest BCUT2D eigenvalue weighted by molar-refractivity contribution is 7.92. The minimum Gasteiger partial charge on any atom is -0.306 e. The zero-order valence-electron chi connectivity index (χ0n) is 11.0. The van der Waals surface area contributed by atoms with Crippen LogP contribution in [-0.2, 0) is 10.0 Å². The van der Waals surface area contributed by atoms with Gasteiger partial charge in [-0.2, -0.15) is 13.4 Å². The number of rotatable bonds is 4. The average Bonchev–Trinajstić information content (AvgIpc) is 3.06. The van der Waals surface area contributed by atoms with Gasteiger partial charge in [-0.25, -0.2) is 10.8 Å². The molecule has 3 heterocycles. The fraction of sp³-hybridized carbons (Fsp3) is 0.0909. The lowest BCUT2D eigenvalue weighted by Crippen LogP contribution is -2.29. The normalized spacial score (nSPS) is 11.7. The lowest BCUT2D eigenvalue weighted by atomic mass is 10.5. The standard InChI is InChI=1S/C11H12N6O2S2/c1-16(8-4-2-3-5-13-8)21(18,19)10-9(15-12)14-11-17(10)6-7-20-11/h2-7,15H,12H2,1H3. The molecule has 3 aromatic heterocycles. The predicted molar refractivity (Wildman–Crippen MR) is 80.7 cm³/mol. The summed E-state index contributed by atoms with van der Waals surface area (Å²) < 4.78 is 28.2. The summed E-state index contributed by atoms with van der Waals surface area (Å²) in [6, 6.07) is 5.04. The maximum Gasteiger partial charge on any atom is 0.285 e. The summed E-state index contributed by atoms with van der Waals surface area (Å²) in [5.74, 6) is 5.80. The van der Waals surface area contributed by atoms with E-state index in [-0.39, 0.29) is 10.8 Å². The van der Waals surface area contributed by atoms with Crippen molar-refractivity contribution in [3.63, 3.8) is 0 Å². The van der Waals surface area contributed by atoms with Crippen LogP contribution in [0.5, 0.6) is 0 Å². The molecule has 0 aliphatic heterocycles. The third-order valence-electron chi connectivity index (χ3n) is 2.93. The maximum atomic E-state index is 12.8. The van der Waals surface area contributed by atoms with Crippen LogP contribution < -0.4 is 15.6 Å². The molecule has 0 bridgehead atoms.